The van der Waals surface area contributed by atoms with E-state index in [1.54, 1.807) is 0 Å². The standard InChI is InChI=1S/C37H27NO/c1-4-14-28(15-5-1)37(33-20-10-12-22-35(33)39-36-23-13-11-21-34(36)37)29-24-26-32(27-25-29)38(30-16-6-2-7-17-30)31-18-8-3-9-19-31/h1-27H. The van der Waals surface area contributed by atoms with Crippen molar-refractivity contribution in [3.63, 3.8) is 0 Å². The topological polar surface area (TPSA) is 12.5 Å². The molecule has 0 bridgehead atoms. The number of hydrogen-bond acceptors (Lipinski definition) is 2. The molecule has 7 rings (SSSR count). The highest BCUT2D eigenvalue weighted by Gasteiger charge is 2.45. The van der Waals surface area contributed by atoms with Gasteiger partial charge in [0, 0.05) is 28.2 Å². The second-order valence-electron chi connectivity index (χ2n) is 9.76. The van der Waals surface area contributed by atoms with E-state index >= 15 is 0 Å². The molecule has 0 aromatic heterocycles. The molecule has 0 atom stereocenters. The van der Waals surface area contributed by atoms with Crippen LogP contribution in [0.3, 0.4) is 0 Å². The third-order valence-corrected chi connectivity index (χ3v) is 7.60. The molecule has 0 unspecified atom stereocenters. The quantitative estimate of drug-likeness (QED) is 0.233. The summed E-state index contributed by atoms with van der Waals surface area (Å²) in [6.45, 7) is 0. The average molecular weight is 502 g/mol. The van der Waals surface area contributed by atoms with Gasteiger partial charge < -0.3 is 9.64 Å². The van der Waals surface area contributed by atoms with Crippen molar-refractivity contribution in [1.82, 2.24) is 0 Å². The molecule has 1 aliphatic rings. The van der Waals surface area contributed by atoms with E-state index in [0.29, 0.717) is 0 Å². The van der Waals surface area contributed by atoms with Gasteiger partial charge in [-0.05, 0) is 59.7 Å². The van der Waals surface area contributed by atoms with Gasteiger partial charge in [-0.15, -0.1) is 0 Å². The Morgan fingerprint density at radius 1 is 0.359 bits per heavy atom. The Hall–Kier alpha value is -5.08. The van der Waals surface area contributed by atoms with E-state index in [9.17, 15) is 0 Å². The van der Waals surface area contributed by atoms with Crippen LogP contribution in [0.5, 0.6) is 11.5 Å². The van der Waals surface area contributed by atoms with Crippen molar-refractivity contribution in [3.8, 4) is 11.5 Å². The summed E-state index contributed by atoms with van der Waals surface area (Å²) in [7, 11) is 0. The summed E-state index contributed by atoms with van der Waals surface area (Å²) < 4.78 is 6.45. The van der Waals surface area contributed by atoms with Crippen LogP contribution in [-0.2, 0) is 5.41 Å². The summed E-state index contributed by atoms with van der Waals surface area (Å²) >= 11 is 0. The number of benzene rings is 6. The molecule has 2 nitrogen and oxygen atoms in total. The number of ether oxygens (including phenoxy) is 1. The summed E-state index contributed by atoms with van der Waals surface area (Å²) in [5.74, 6) is 1.78. The summed E-state index contributed by atoms with van der Waals surface area (Å²) in [5.41, 5.74) is 7.53. The van der Waals surface area contributed by atoms with E-state index in [2.05, 4.69) is 157 Å². The molecule has 0 radical (unpaired) electrons. The van der Waals surface area contributed by atoms with Gasteiger partial charge in [-0.3, -0.25) is 0 Å². The zero-order valence-corrected chi connectivity index (χ0v) is 21.4. The number of nitrogens with zero attached hydrogens (tertiary/aromatic N) is 1. The zero-order chi connectivity index (χ0) is 26.1. The lowest BCUT2D eigenvalue weighted by atomic mass is 9.63. The Bertz CT molecular complexity index is 1630. The van der Waals surface area contributed by atoms with E-state index in [1.807, 2.05) is 12.1 Å². The lowest BCUT2D eigenvalue weighted by Crippen LogP contribution is -2.34. The summed E-state index contributed by atoms with van der Waals surface area (Å²) in [4.78, 5) is 2.30. The Labute approximate surface area is 229 Å². The number of hydrogen-bond donors (Lipinski definition) is 0. The van der Waals surface area contributed by atoms with E-state index in [1.165, 1.54) is 11.1 Å². The Morgan fingerprint density at radius 3 is 1.26 bits per heavy atom. The van der Waals surface area contributed by atoms with Gasteiger partial charge in [0.05, 0.1) is 5.41 Å². The second kappa shape index (κ2) is 9.66. The van der Waals surface area contributed by atoms with Gasteiger partial charge in [0.2, 0.25) is 0 Å². The first-order chi connectivity index (χ1) is 19.4. The molecule has 0 saturated heterocycles. The minimum absolute atomic E-state index is 0.518. The Kier molecular flexibility index (Phi) is 5.71. The molecule has 0 saturated carbocycles. The molecular weight excluding hydrogens is 474 g/mol. The first kappa shape index (κ1) is 23.1. The van der Waals surface area contributed by atoms with Crippen LogP contribution >= 0.6 is 0 Å². The van der Waals surface area contributed by atoms with Crippen molar-refractivity contribution in [2.75, 3.05) is 4.90 Å². The first-order valence-corrected chi connectivity index (χ1v) is 13.3. The second-order valence-corrected chi connectivity index (χ2v) is 9.76. The fourth-order valence-corrected chi connectivity index (χ4v) is 5.93. The van der Waals surface area contributed by atoms with Crippen LogP contribution in [-0.4, -0.2) is 0 Å². The lowest BCUT2D eigenvalue weighted by Gasteiger charge is -2.41. The average Bonchev–Trinajstić information content (AvgIpc) is 3.02. The third-order valence-electron chi connectivity index (χ3n) is 7.60. The molecular formula is C37H27NO. The monoisotopic (exact) mass is 501 g/mol. The van der Waals surface area contributed by atoms with Crippen molar-refractivity contribution in [2.24, 2.45) is 0 Å². The van der Waals surface area contributed by atoms with Crippen molar-refractivity contribution in [1.29, 1.82) is 0 Å². The maximum Gasteiger partial charge on any atom is 0.132 e. The van der Waals surface area contributed by atoms with Crippen LogP contribution in [0.15, 0.2) is 164 Å². The van der Waals surface area contributed by atoms with Crippen LogP contribution in [0.2, 0.25) is 0 Å². The third kappa shape index (κ3) is 3.81. The SMILES string of the molecule is c1ccc(N(c2ccccc2)c2ccc(C3(c4ccccc4)c4ccccc4Oc4ccccc43)cc2)cc1. The zero-order valence-electron chi connectivity index (χ0n) is 21.4. The number of fused-ring (bicyclic) bond motifs is 2. The molecule has 1 heterocycles. The summed E-state index contributed by atoms with van der Waals surface area (Å²) in [5, 5.41) is 0. The molecule has 6 aromatic carbocycles. The minimum atomic E-state index is -0.518. The fraction of sp³-hybridized carbons (Fsp3) is 0.0270. The highest BCUT2D eigenvalue weighted by molar-refractivity contribution is 5.77. The number of rotatable bonds is 5. The molecule has 0 N–H and O–H groups in total. The fourth-order valence-electron chi connectivity index (χ4n) is 5.93. The molecule has 0 fully saturated rings. The van der Waals surface area contributed by atoms with Crippen molar-refractivity contribution in [2.45, 2.75) is 5.41 Å². The largest absolute Gasteiger partial charge is 0.457 e. The van der Waals surface area contributed by atoms with Crippen molar-refractivity contribution >= 4 is 17.1 Å². The molecule has 39 heavy (non-hydrogen) atoms. The van der Waals surface area contributed by atoms with Crippen LogP contribution in [0.4, 0.5) is 17.1 Å². The lowest BCUT2D eigenvalue weighted by molar-refractivity contribution is 0.434. The Balaban J connectivity index is 1.46. The predicted molar refractivity (Wildman–Crippen MR) is 160 cm³/mol. The summed E-state index contributed by atoms with van der Waals surface area (Å²) in [6.07, 6.45) is 0. The van der Waals surface area contributed by atoms with E-state index < -0.39 is 5.41 Å². The molecule has 0 aliphatic carbocycles. The van der Waals surface area contributed by atoms with Gasteiger partial charge in [-0.2, -0.15) is 0 Å². The molecule has 6 aromatic rings. The maximum atomic E-state index is 6.45. The minimum Gasteiger partial charge on any atom is -0.457 e. The van der Waals surface area contributed by atoms with Crippen molar-refractivity contribution in [3.05, 3.63) is 186 Å². The Morgan fingerprint density at radius 2 is 0.744 bits per heavy atom. The van der Waals surface area contributed by atoms with Crippen molar-refractivity contribution < 1.29 is 4.74 Å². The molecule has 0 amide bonds. The van der Waals surface area contributed by atoms with Crippen LogP contribution in [0.25, 0.3) is 0 Å². The smallest absolute Gasteiger partial charge is 0.132 e. The van der Waals surface area contributed by atoms with Gasteiger partial charge in [0.15, 0.2) is 0 Å². The first-order valence-electron chi connectivity index (χ1n) is 13.3. The van der Waals surface area contributed by atoms with Crippen LogP contribution < -0.4 is 9.64 Å². The highest BCUT2D eigenvalue weighted by atomic mass is 16.5. The molecule has 2 heteroatoms. The van der Waals surface area contributed by atoms with E-state index in [4.69, 9.17) is 4.74 Å². The van der Waals surface area contributed by atoms with Gasteiger partial charge in [-0.1, -0.05) is 115 Å². The van der Waals surface area contributed by atoms with Gasteiger partial charge in [0.25, 0.3) is 0 Å². The highest BCUT2D eigenvalue weighted by Crippen LogP contribution is 2.55. The van der Waals surface area contributed by atoms with Crippen LogP contribution in [0.1, 0.15) is 22.3 Å². The number of anilines is 3. The van der Waals surface area contributed by atoms with Gasteiger partial charge >= 0.3 is 0 Å². The van der Waals surface area contributed by atoms with Gasteiger partial charge in [-0.25, -0.2) is 0 Å². The normalized spacial score (nSPS) is 13.0. The predicted octanol–water partition coefficient (Wildman–Crippen LogP) is 9.64. The van der Waals surface area contributed by atoms with Gasteiger partial charge in [0.1, 0.15) is 11.5 Å². The number of para-hydroxylation sites is 4. The molecule has 1 aliphatic heterocycles. The van der Waals surface area contributed by atoms with Crippen LogP contribution in [0, 0.1) is 0 Å². The van der Waals surface area contributed by atoms with E-state index in [0.717, 1.165) is 39.7 Å². The molecule has 0 spiro atoms. The maximum absolute atomic E-state index is 6.45. The summed E-state index contributed by atoms with van der Waals surface area (Å²) in [6, 6.07) is 57.7. The van der Waals surface area contributed by atoms with E-state index in [-0.39, 0.29) is 0 Å². The molecule has 186 valence electrons.